The Labute approximate surface area is 306 Å². The molecule has 19 heteroatoms. The monoisotopic (exact) mass is 754 g/mol. The summed E-state index contributed by atoms with van der Waals surface area (Å²) in [6.07, 6.45) is 0.441. The molecule has 3 aromatic rings. The normalized spacial score (nSPS) is 15.0. The Morgan fingerprint density at radius 2 is 1.36 bits per heavy atom. The molecule has 0 unspecified atom stereocenters. The van der Waals surface area contributed by atoms with E-state index in [1.54, 1.807) is 0 Å². The van der Waals surface area contributed by atoms with Gasteiger partial charge in [0.05, 0.1) is 55.5 Å². The number of benzene rings is 2. The number of aromatic nitrogens is 2. The molecule has 0 atom stereocenters. The van der Waals surface area contributed by atoms with Gasteiger partial charge in [0, 0.05) is 36.4 Å². The topological polar surface area (TPSA) is 130 Å². The number of rotatable bonds is 13. The Morgan fingerprint density at radius 3 is 1.92 bits per heavy atom. The van der Waals surface area contributed by atoms with Crippen LogP contribution in [0.5, 0.6) is 0 Å². The van der Waals surface area contributed by atoms with E-state index < -0.39 is 55.2 Å². The van der Waals surface area contributed by atoms with Crippen LogP contribution in [0.3, 0.4) is 0 Å². The van der Waals surface area contributed by atoms with Crippen LogP contribution >= 0.6 is 0 Å². The van der Waals surface area contributed by atoms with Crippen LogP contribution in [0.4, 0.5) is 37.7 Å². The summed E-state index contributed by atoms with van der Waals surface area (Å²) in [5.74, 6) is -0.933. The van der Waals surface area contributed by atoms with E-state index in [9.17, 15) is 52.3 Å². The van der Waals surface area contributed by atoms with Crippen molar-refractivity contribution in [3.05, 3.63) is 103 Å². The Kier molecular flexibility index (Phi) is 13.0. The Bertz CT molecular complexity index is 2070. The molecule has 2 aromatic carbocycles. The first-order valence-electron chi connectivity index (χ1n) is 14.4. The number of imidazole rings is 1. The summed E-state index contributed by atoms with van der Waals surface area (Å²) in [6, 6.07) is 6.03. The van der Waals surface area contributed by atoms with Gasteiger partial charge >= 0.3 is 41.9 Å². The molecule has 0 N–H and O–H groups in total. The maximum atomic E-state index is 13.5. The van der Waals surface area contributed by atoms with Crippen molar-refractivity contribution in [2.75, 3.05) is 27.9 Å². The summed E-state index contributed by atoms with van der Waals surface area (Å²) in [4.78, 5) is 2.89. The van der Waals surface area contributed by atoms with Gasteiger partial charge < -0.3 is 18.9 Å². The van der Waals surface area contributed by atoms with Crippen molar-refractivity contribution in [1.82, 2.24) is 4.57 Å². The van der Waals surface area contributed by atoms with Crippen molar-refractivity contribution in [3.63, 3.8) is 0 Å². The third-order valence-electron chi connectivity index (χ3n) is 7.38. The fraction of sp³-hybridized carbons (Fsp3) is 0.258. The van der Waals surface area contributed by atoms with Gasteiger partial charge in [-0.1, -0.05) is 31.4 Å². The van der Waals surface area contributed by atoms with Crippen molar-refractivity contribution in [3.8, 4) is 0 Å². The van der Waals surface area contributed by atoms with Gasteiger partial charge in [0.2, 0.25) is 0 Å². The quantitative estimate of drug-likeness (QED) is 0.0858. The van der Waals surface area contributed by atoms with Gasteiger partial charge in [-0.3, -0.25) is 0 Å². The van der Waals surface area contributed by atoms with Crippen LogP contribution < -0.4 is 43.9 Å². The van der Waals surface area contributed by atoms with Gasteiger partial charge in [0.25, 0.3) is 5.82 Å². The number of anilines is 2. The Balaban J connectivity index is 0.00000676. The molecule has 10 nitrogen and oxygen atoms in total. The zero-order valence-corrected chi connectivity index (χ0v) is 30.1. The molecule has 0 saturated heterocycles. The standard InChI is InChI=1S/C31H30F6N4O6S2.Na/c1-3-38-24-14-12-22(30(32,33)34)20-26(24)40(16-8-18-48(42,43)44)28(38)10-6-5-7-11-29-39(4-2)25-15-13-23(31(35,36)37)21-27(25)41(29)17-9-19-49(45,46)47;/h3-7,10-15,20-21H,1-2,8-9,16-19H2,(H-,42,43,44,45,46,47);/q;+1/p-1. The van der Waals surface area contributed by atoms with Crippen LogP contribution in [0.2, 0.25) is 0 Å². The molecular formula is C31H29F6N4NaO6S2. The molecule has 0 amide bonds. The van der Waals surface area contributed by atoms with Crippen molar-refractivity contribution in [2.45, 2.75) is 31.7 Å². The van der Waals surface area contributed by atoms with E-state index in [2.05, 4.69) is 13.2 Å². The number of fused-ring (bicyclic) bond motifs is 2. The van der Waals surface area contributed by atoms with Crippen LogP contribution in [0.15, 0.2) is 85.9 Å². The molecule has 4 rings (SSSR count). The van der Waals surface area contributed by atoms with Crippen LogP contribution in [-0.2, 0) is 39.1 Å². The zero-order chi connectivity index (χ0) is 36.4. The molecule has 0 bridgehead atoms. The summed E-state index contributed by atoms with van der Waals surface area (Å²) < 4.78 is 151. The first-order valence-corrected chi connectivity index (χ1v) is 17.5. The van der Waals surface area contributed by atoms with Gasteiger partial charge in [-0.15, -0.1) is 0 Å². The van der Waals surface area contributed by atoms with E-state index >= 15 is 0 Å². The Morgan fingerprint density at radius 1 is 0.780 bits per heavy atom. The van der Waals surface area contributed by atoms with Crippen LogP contribution in [0, 0.1) is 0 Å². The number of aryl methyl sites for hydroxylation is 1. The van der Waals surface area contributed by atoms with Gasteiger partial charge in [0.15, 0.2) is 11.0 Å². The van der Waals surface area contributed by atoms with E-state index in [4.69, 9.17) is 0 Å². The average molecular weight is 755 g/mol. The van der Waals surface area contributed by atoms with E-state index in [1.165, 1.54) is 73.8 Å². The predicted molar refractivity (Wildman–Crippen MR) is 170 cm³/mol. The molecule has 0 spiro atoms. The molecular weight excluding hydrogens is 725 g/mol. The number of halogens is 6. The summed E-state index contributed by atoms with van der Waals surface area (Å²) in [5.41, 5.74) is -1.06. The van der Waals surface area contributed by atoms with E-state index in [0.717, 1.165) is 24.3 Å². The minimum absolute atomic E-state index is 0. The van der Waals surface area contributed by atoms with Crippen LogP contribution in [-0.4, -0.2) is 48.6 Å². The molecule has 0 radical (unpaired) electrons. The van der Waals surface area contributed by atoms with E-state index in [-0.39, 0.29) is 78.3 Å². The summed E-state index contributed by atoms with van der Waals surface area (Å²) in [5, 5.41) is 0. The van der Waals surface area contributed by atoms with E-state index in [1.807, 2.05) is 0 Å². The second-order valence-corrected chi connectivity index (χ2v) is 13.7. The number of alkyl halides is 6. The van der Waals surface area contributed by atoms with Crippen molar-refractivity contribution >= 4 is 54.9 Å². The van der Waals surface area contributed by atoms with Crippen molar-refractivity contribution in [2.24, 2.45) is 0 Å². The molecule has 1 aliphatic rings. The van der Waals surface area contributed by atoms with Crippen molar-refractivity contribution < 1.29 is 86.4 Å². The van der Waals surface area contributed by atoms with Gasteiger partial charge in [-0.05, 0) is 49.2 Å². The predicted octanol–water partition coefficient (Wildman–Crippen LogP) is 2.82. The van der Waals surface area contributed by atoms with E-state index in [0.29, 0.717) is 11.2 Å². The average Bonchev–Trinajstić information content (AvgIpc) is 3.45. The molecule has 0 saturated carbocycles. The molecule has 50 heavy (non-hydrogen) atoms. The smallest absolute Gasteiger partial charge is 0.748 e. The van der Waals surface area contributed by atoms with Gasteiger partial charge in [0.1, 0.15) is 5.82 Å². The zero-order valence-electron chi connectivity index (χ0n) is 26.5. The molecule has 0 fully saturated rings. The summed E-state index contributed by atoms with van der Waals surface area (Å²) in [6.45, 7) is 7.18. The number of hydrogen-bond donors (Lipinski definition) is 0. The Hall–Kier alpha value is -3.39. The third-order valence-corrected chi connectivity index (χ3v) is 8.96. The number of allylic oxidation sites excluding steroid dienone is 4. The molecule has 1 aromatic heterocycles. The minimum atomic E-state index is -4.67. The maximum Gasteiger partial charge on any atom is 1.00 e. The fourth-order valence-corrected chi connectivity index (χ4v) is 6.30. The maximum absolute atomic E-state index is 13.5. The summed E-state index contributed by atoms with van der Waals surface area (Å²) in [7, 11) is -9.20. The first-order chi connectivity index (χ1) is 22.7. The largest absolute Gasteiger partial charge is 1.00 e. The van der Waals surface area contributed by atoms with Crippen LogP contribution in [0.1, 0.15) is 29.8 Å². The number of nitrogens with zero attached hydrogens (tertiary/aromatic N) is 4. The van der Waals surface area contributed by atoms with Gasteiger partial charge in [-0.25, -0.2) is 21.4 Å². The summed E-state index contributed by atoms with van der Waals surface area (Å²) >= 11 is 0. The minimum Gasteiger partial charge on any atom is -0.748 e. The second-order valence-electron chi connectivity index (χ2n) is 10.7. The van der Waals surface area contributed by atoms with Gasteiger partial charge in [-0.2, -0.15) is 30.9 Å². The third kappa shape index (κ3) is 9.89. The number of hydrogen-bond acceptors (Lipinski definition) is 8. The molecule has 0 aliphatic carbocycles. The fourth-order valence-electron chi connectivity index (χ4n) is 5.33. The van der Waals surface area contributed by atoms with Crippen molar-refractivity contribution in [1.29, 1.82) is 0 Å². The molecule has 264 valence electrons. The SMILES string of the molecule is C=CN1\C(=C/C=C/C=C/c2n(CCCS(=O)(=O)[O-])c3cc(C(F)(F)F)ccc3[n+]2C=C)N(CCCS(=O)(=O)[O-])c2cc(C(F)(F)F)ccc21.[Na+]. The van der Waals surface area contributed by atoms with Crippen LogP contribution in [0.25, 0.3) is 23.3 Å². The first kappa shape index (κ1) is 41.0. The molecule has 2 heterocycles. The molecule has 1 aliphatic heterocycles. The second kappa shape index (κ2) is 15.9.